The van der Waals surface area contributed by atoms with Crippen LogP contribution in [-0.4, -0.2) is 19.1 Å². The van der Waals surface area contributed by atoms with Crippen molar-refractivity contribution in [3.8, 4) is 0 Å². The van der Waals surface area contributed by atoms with Crippen molar-refractivity contribution in [3.05, 3.63) is 34.5 Å². The number of anilines is 1. The molecule has 1 aromatic heterocycles. The maximum atomic E-state index is 6.28. The van der Waals surface area contributed by atoms with Crippen LogP contribution in [-0.2, 0) is 6.54 Å². The smallest absolute Gasteiger partial charge is 0.0770 e. The van der Waals surface area contributed by atoms with Crippen LogP contribution in [0.3, 0.4) is 0 Å². The lowest BCUT2D eigenvalue weighted by Gasteiger charge is -2.18. The molecule has 90 valence electrons. The molecule has 3 nitrogen and oxygen atoms in total. The fourth-order valence-electron chi connectivity index (χ4n) is 1.92. The van der Waals surface area contributed by atoms with E-state index in [4.69, 9.17) is 17.3 Å². The molecule has 2 N–H and O–H groups in total. The number of pyridine rings is 1. The molecule has 0 aliphatic heterocycles. The minimum atomic E-state index is 0.433. The Labute approximate surface area is 106 Å². The molecule has 0 radical (unpaired) electrons. The van der Waals surface area contributed by atoms with Gasteiger partial charge in [-0.2, -0.15) is 0 Å². The lowest BCUT2D eigenvalue weighted by molar-refractivity contribution is 0.997. The molecule has 0 saturated heterocycles. The quantitative estimate of drug-likeness (QED) is 0.890. The van der Waals surface area contributed by atoms with E-state index in [2.05, 4.69) is 4.98 Å². The SMILES string of the molecule is Cc1ccc(Cl)c2c(N(C)C)cc(CN)nc12. The van der Waals surface area contributed by atoms with Crippen molar-refractivity contribution in [1.29, 1.82) is 0 Å². The second-order valence-corrected chi connectivity index (χ2v) is 4.73. The van der Waals surface area contributed by atoms with Gasteiger partial charge in [-0.25, -0.2) is 0 Å². The van der Waals surface area contributed by atoms with Gasteiger partial charge >= 0.3 is 0 Å². The third-order valence-electron chi connectivity index (χ3n) is 2.83. The number of aromatic nitrogens is 1. The molecule has 0 amide bonds. The Bertz CT molecular complexity index is 564. The number of nitrogens with zero attached hydrogens (tertiary/aromatic N) is 2. The highest BCUT2D eigenvalue weighted by molar-refractivity contribution is 6.36. The maximum absolute atomic E-state index is 6.28. The molecule has 17 heavy (non-hydrogen) atoms. The van der Waals surface area contributed by atoms with E-state index in [1.165, 1.54) is 0 Å². The zero-order valence-corrected chi connectivity index (χ0v) is 11.0. The first kappa shape index (κ1) is 12.1. The van der Waals surface area contributed by atoms with E-state index in [9.17, 15) is 0 Å². The van der Waals surface area contributed by atoms with Crippen molar-refractivity contribution >= 4 is 28.2 Å². The fourth-order valence-corrected chi connectivity index (χ4v) is 2.17. The van der Waals surface area contributed by atoms with Gasteiger partial charge in [0.1, 0.15) is 0 Å². The molecule has 0 spiro atoms. The second kappa shape index (κ2) is 4.51. The van der Waals surface area contributed by atoms with Crippen LogP contribution < -0.4 is 10.6 Å². The van der Waals surface area contributed by atoms with Gasteiger partial charge in [-0.3, -0.25) is 4.98 Å². The minimum Gasteiger partial charge on any atom is -0.377 e. The number of fused-ring (bicyclic) bond motifs is 1. The van der Waals surface area contributed by atoms with E-state index >= 15 is 0 Å². The number of aryl methyl sites for hydroxylation is 1. The molecular formula is C13H16ClN3. The van der Waals surface area contributed by atoms with Gasteiger partial charge in [-0.1, -0.05) is 17.7 Å². The maximum Gasteiger partial charge on any atom is 0.0770 e. The average Bonchev–Trinajstić information content (AvgIpc) is 2.32. The number of rotatable bonds is 2. The van der Waals surface area contributed by atoms with Gasteiger partial charge in [0.2, 0.25) is 0 Å². The Balaban J connectivity index is 2.90. The van der Waals surface area contributed by atoms with Crippen LogP contribution in [0, 0.1) is 6.92 Å². The van der Waals surface area contributed by atoms with Crippen LogP contribution in [0.1, 0.15) is 11.3 Å². The summed E-state index contributed by atoms with van der Waals surface area (Å²) in [7, 11) is 3.99. The Morgan fingerprint density at radius 3 is 2.65 bits per heavy atom. The van der Waals surface area contributed by atoms with E-state index in [0.29, 0.717) is 6.54 Å². The predicted molar refractivity (Wildman–Crippen MR) is 73.7 cm³/mol. The first-order valence-electron chi connectivity index (χ1n) is 5.50. The fraction of sp³-hybridized carbons (Fsp3) is 0.308. The second-order valence-electron chi connectivity index (χ2n) is 4.32. The first-order valence-corrected chi connectivity index (χ1v) is 5.88. The van der Waals surface area contributed by atoms with Crippen molar-refractivity contribution < 1.29 is 0 Å². The molecule has 0 fully saturated rings. The summed E-state index contributed by atoms with van der Waals surface area (Å²) in [5, 5.41) is 1.72. The van der Waals surface area contributed by atoms with Crippen molar-refractivity contribution in [3.63, 3.8) is 0 Å². The van der Waals surface area contributed by atoms with E-state index in [-0.39, 0.29) is 0 Å². The van der Waals surface area contributed by atoms with Crippen LogP contribution in [0.15, 0.2) is 18.2 Å². The van der Waals surface area contributed by atoms with Crippen molar-refractivity contribution in [2.75, 3.05) is 19.0 Å². The number of nitrogens with two attached hydrogens (primary N) is 1. The van der Waals surface area contributed by atoms with Crippen LogP contribution in [0.4, 0.5) is 5.69 Å². The van der Waals surface area contributed by atoms with Crippen LogP contribution >= 0.6 is 11.6 Å². The molecule has 1 heterocycles. The van der Waals surface area contributed by atoms with Gasteiger partial charge in [-0.15, -0.1) is 0 Å². The van der Waals surface area contributed by atoms with Gasteiger partial charge in [0.05, 0.1) is 16.2 Å². The molecule has 2 rings (SSSR count). The first-order chi connectivity index (χ1) is 8.04. The highest BCUT2D eigenvalue weighted by Crippen LogP contribution is 2.33. The standard InChI is InChI=1S/C13H16ClN3/c1-8-4-5-10(14)12-11(17(2)3)6-9(7-15)16-13(8)12/h4-6H,7,15H2,1-3H3. The number of hydrogen-bond acceptors (Lipinski definition) is 3. The molecule has 0 atom stereocenters. The molecule has 4 heteroatoms. The molecule has 0 saturated carbocycles. The highest BCUT2D eigenvalue weighted by atomic mass is 35.5. The summed E-state index contributed by atoms with van der Waals surface area (Å²) in [5.41, 5.74) is 9.67. The molecule has 0 bridgehead atoms. The van der Waals surface area contributed by atoms with Crippen LogP contribution in [0.5, 0.6) is 0 Å². The van der Waals surface area contributed by atoms with Crippen molar-refractivity contribution in [1.82, 2.24) is 4.98 Å². The highest BCUT2D eigenvalue weighted by Gasteiger charge is 2.12. The minimum absolute atomic E-state index is 0.433. The van der Waals surface area contributed by atoms with E-state index in [0.717, 1.165) is 32.9 Å². The molecule has 0 aliphatic carbocycles. The zero-order chi connectivity index (χ0) is 12.6. The molecule has 1 aromatic carbocycles. The number of hydrogen-bond donors (Lipinski definition) is 1. The Kier molecular flexibility index (Phi) is 3.22. The third kappa shape index (κ3) is 2.08. The Morgan fingerprint density at radius 1 is 1.35 bits per heavy atom. The van der Waals surface area contributed by atoms with Crippen molar-refractivity contribution in [2.24, 2.45) is 5.73 Å². The van der Waals surface area contributed by atoms with Crippen LogP contribution in [0.25, 0.3) is 10.9 Å². The van der Waals surface area contributed by atoms with Crippen molar-refractivity contribution in [2.45, 2.75) is 13.5 Å². The summed E-state index contributed by atoms with van der Waals surface area (Å²) in [5.74, 6) is 0. The van der Waals surface area contributed by atoms with Gasteiger partial charge in [-0.05, 0) is 24.6 Å². The summed E-state index contributed by atoms with van der Waals surface area (Å²) in [6, 6.07) is 5.89. The molecular weight excluding hydrogens is 234 g/mol. The summed E-state index contributed by atoms with van der Waals surface area (Å²) in [6.45, 7) is 2.47. The van der Waals surface area contributed by atoms with Gasteiger partial charge in [0.25, 0.3) is 0 Å². The molecule has 2 aromatic rings. The Hall–Kier alpha value is -1.32. The number of halogens is 1. The van der Waals surface area contributed by atoms with Gasteiger partial charge in [0.15, 0.2) is 0 Å². The average molecular weight is 250 g/mol. The van der Waals surface area contributed by atoms with Crippen LogP contribution in [0.2, 0.25) is 5.02 Å². The van der Waals surface area contributed by atoms with Gasteiger partial charge < -0.3 is 10.6 Å². The van der Waals surface area contributed by atoms with E-state index in [1.54, 1.807) is 0 Å². The summed E-state index contributed by atoms with van der Waals surface area (Å²) in [4.78, 5) is 6.60. The topological polar surface area (TPSA) is 42.1 Å². The largest absolute Gasteiger partial charge is 0.377 e. The van der Waals surface area contributed by atoms with E-state index in [1.807, 2.05) is 44.1 Å². The lowest BCUT2D eigenvalue weighted by atomic mass is 10.1. The normalized spacial score (nSPS) is 10.9. The summed E-state index contributed by atoms with van der Waals surface area (Å²) < 4.78 is 0. The van der Waals surface area contributed by atoms with E-state index < -0.39 is 0 Å². The molecule has 0 aliphatic rings. The molecule has 0 unspecified atom stereocenters. The monoisotopic (exact) mass is 249 g/mol. The lowest BCUT2D eigenvalue weighted by Crippen LogP contribution is -2.12. The summed E-state index contributed by atoms with van der Waals surface area (Å²) in [6.07, 6.45) is 0. The zero-order valence-electron chi connectivity index (χ0n) is 10.3. The van der Waals surface area contributed by atoms with Gasteiger partial charge in [0, 0.05) is 31.7 Å². The number of benzene rings is 1. The predicted octanol–water partition coefficient (Wildman–Crippen LogP) is 2.72. The summed E-state index contributed by atoms with van der Waals surface area (Å²) >= 11 is 6.28. The Morgan fingerprint density at radius 2 is 2.06 bits per heavy atom. The third-order valence-corrected chi connectivity index (χ3v) is 3.15.